The Balaban J connectivity index is 1.50. The minimum Gasteiger partial charge on any atom is -0.504 e. The maximum Gasteiger partial charge on any atom is 0.204 e. The Morgan fingerprint density at radius 2 is 1.41 bits per heavy atom. The van der Waals surface area contributed by atoms with Gasteiger partial charge in [0.05, 0.1) is 21.3 Å². The third kappa shape index (κ3) is 5.13. The summed E-state index contributed by atoms with van der Waals surface area (Å²) in [5.74, 6) is 3.35. The largest absolute Gasteiger partial charge is 0.504 e. The summed E-state index contributed by atoms with van der Waals surface area (Å²) in [7, 11) is 9.02. The van der Waals surface area contributed by atoms with Crippen LogP contribution in [0, 0.1) is 0 Å². The van der Waals surface area contributed by atoms with Crippen LogP contribution in [0.3, 0.4) is 0 Å². The van der Waals surface area contributed by atoms with Crippen molar-refractivity contribution in [3.8, 4) is 51.7 Å². The van der Waals surface area contributed by atoms with Crippen LogP contribution in [0.25, 0.3) is 0 Å². The fourth-order valence-corrected chi connectivity index (χ4v) is 7.22. The number of methoxy groups -OCH3 is 3. The zero-order valence-electron chi connectivity index (χ0n) is 26.9. The summed E-state index contributed by atoms with van der Waals surface area (Å²) in [6.45, 7) is 1.62. The van der Waals surface area contributed by atoms with Crippen LogP contribution in [-0.4, -0.2) is 68.5 Å². The topological polar surface area (TPSA) is 93.1 Å². The van der Waals surface area contributed by atoms with Gasteiger partial charge in [-0.15, -0.1) is 0 Å². The number of aromatic hydroxyl groups is 2. The number of rotatable bonds is 3. The summed E-state index contributed by atoms with van der Waals surface area (Å²) >= 11 is 0. The van der Waals surface area contributed by atoms with Crippen LogP contribution in [0.4, 0.5) is 0 Å². The van der Waals surface area contributed by atoms with Crippen LogP contribution in [0.2, 0.25) is 0 Å². The summed E-state index contributed by atoms with van der Waals surface area (Å²) in [5, 5.41) is 22.5. The molecule has 0 amide bonds. The molecule has 2 N–H and O–H groups in total. The molecule has 8 rings (SSSR count). The molecule has 0 fully saturated rings. The van der Waals surface area contributed by atoms with Gasteiger partial charge in [0.2, 0.25) is 11.5 Å². The molecule has 0 aliphatic carbocycles. The molecule has 2 atom stereocenters. The van der Waals surface area contributed by atoms with E-state index in [2.05, 4.69) is 42.1 Å². The molecule has 4 aromatic rings. The van der Waals surface area contributed by atoms with Crippen LogP contribution in [0.1, 0.15) is 45.5 Å². The standard InChI is InChI=1S/C37H40N2O7/c1-38-15-13-25-26-20-32(43-4)36(44-5)35(25)46-37-33-23(19-31(42-3)34(37)41)12-14-39(2)28(33)17-22-8-11-29(40)30(18-22)45-24-9-6-21(7-10-24)16-27(26)38/h6-11,18-20,27-28,40-41H,12-17H2,1-5H3/t27-,28-/m0/s1. The van der Waals surface area contributed by atoms with Crippen molar-refractivity contribution in [1.82, 2.24) is 9.80 Å². The summed E-state index contributed by atoms with van der Waals surface area (Å²) in [4.78, 5) is 4.62. The molecule has 9 heteroatoms. The third-order valence-electron chi connectivity index (χ3n) is 9.77. The Morgan fingerprint density at radius 1 is 0.717 bits per heavy atom. The van der Waals surface area contributed by atoms with Crippen molar-refractivity contribution in [1.29, 1.82) is 0 Å². The normalized spacial score (nSPS) is 19.2. The van der Waals surface area contributed by atoms with Crippen molar-refractivity contribution in [2.45, 2.75) is 37.8 Å². The number of hydrogen-bond donors (Lipinski definition) is 2. The maximum absolute atomic E-state index is 11.8. The van der Waals surface area contributed by atoms with Gasteiger partial charge in [-0.2, -0.15) is 0 Å². The molecule has 0 spiro atoms. The highest BCUT2D eigenvalue weighted by molar-refractivity contribution is 5.66. The van der Waals surface area contributed by atoms with Crippen molar-refractivity contribution in [3.63, 3.8) is 0 Å². The Hall–Kier alpha value is -4.60. The highest BCUT2D eigenvalue weighted by atomic mass is 16.5. The highest BCUT2D eigenvalue weighted by Gasteiger charge is 2.36. The van der Waals surface area contributed by atoms with E-state index in [1.165, 1.54) is 0 Å². The van der Waals surface area contributed by atoms with Crippen LogP contribution in [-0.2, 0) is 25.7 Å². The first-order valence-electron chi connectivity index (χ1n) is 15.7. The van der Waals surface area contributed by atoms with Gasteiger partial charge < -0.3 is 33.9 Å². The number of likely N-dealkylation sites (N-methyl/N-ethyl adjacent to an activating group) is 2. The molecule has 4 aliphatic heterocycles. The molecule has 4 aromatic carbocycles. The van der Waals surface area contributed by atoms with E-state index in [1.807, 2.05) is 30.3 Å². The molecular weight excluding hydrogens is 584 g/mol. The van der Waals surface area contributed by atoms with Crippen molar-refractivity contribution in [2.24, 2.45) is 0 Å². The molecule has 0 aromatic heterocycles. The Labute approximate surface area is 269 Å². The molecule has 8 bridgehead atoms. The van der Waals surface area contributed by atoms with Crippen LogP contribution < -0.4 is 23.7 Å². The van der Waals surface area contributed by atoms with E-state index in [1.54, 1.807) is 27.4 Å². The number of nitrogens with zero attached hydrogens (tertiary/aromatic N) is 2. The zero-order valence-corrected chi connectivity index (χ0v) is 26.9. The van der Waals surface area contributed by atoms with E-state index in [0.29, 0.717) is 46.7 Å². The summed E-state index contributed by atoms with van der Waals surface area (Å²) in [6, 6.07) is 17.4. The SMILES string of the molecule is COc1cc2c3c(c1O)Oc1c4c(cc(OC)c1OC)[C@H](Cc1ccc(cc1)Oc1cc(ccc1O)C[C@@H]3N(C)CC2)N(C)CC4. The number of hydrogen-bond acceptors (Lipinski definition) is 9. The zero-order chi connectivity index (χ0) is 32.1. The van der Waals surface area contributed by atoms with E-state index < -0.39 is 0 Å². The van der Waals surface area contributed by atoms with Gasteiger partial charge in [-0.3, -0.25) is 9.80 Å². The molecule has 46 heavy (non-hydrogen) atoms. The predicted molar refractivity (Wildman–Crippen MR) is 174 cm³/mol. The van der Waals surface area contributed by atoms with E-state index in [4.69, 9.17) is 23.7 Å². The molecule has 240 valence electrons. The minimum absolute atomic E-state index is 0.0315. The lowest BCUT2D eigenvalue weighted by Gasteiger charge is -2.38. The lowest BCUT2D eigenvalue weighted by atomic mass is 9.86. The second-order valence-corrected chi connectivity index (χ2v) is 12.4. The second kappa shape index (κ2) is 12.0. The molecule has 9 nitrogen and oxygen atoms in total. The number of benzene rings is 4. The number of ether oxygens (including phenoxy) is 5. The van der Waals surface area contributed by atoms with Crippen molar-refractivity contribution in [3.05, 3.63) is 88.0 Å². The third-order valence-corrected chi connectivity index (χ3v) is 9.77. The van der Waals surface area contributed by atoms with Gasteiger partial charge in [-0.05, 0) is 98.4 Å². The molecule has 4 heterocycles. The predicted octanol–water partition coefficient (Wildman–Crippen LogP) is 6.57. The minimum atomic E-state index is -0.155. The van der Waals surface area contributed by atoms with Gasteiger partial charge in [0, 0.05) is 36.3 Å². The van der Waals surface area contributed by atoms with E-state index in [-0.39, 0.29) is 23.6 Å². The van der Waals surface area contributed by atoms with Crippen LogP contribution >= 0.6 is 0 Å². The summed E-state index contributed by atoms with van der Waals surface area (Å²) in [6.07, 6.45) is 2.82. The smallest absolute Gasteiger partial charge is 0.204 e. The van der Waals surface area contributed by atoms with Gasteiger partial charge in [0.15, 0.2) is 34.5 Å². The van der Waals surface area contributed by atoms with Crippen LogP contribution in [0.5, 0.6) is 51.7 Å². The highest BCUT2D eigenvalue weighted by Crippen LogP contribution is 2.54. The first kappa shape index (κ1) is 30.1. The quantitative estimate of drug-likeness (QED) is 0.263. The second-order valence-electron chi connectivity index (χ2n) is 12.4. The van der Waals surface area contributed by atoms with Crippen LogP contribution in [0.15, 0.2) is 54.6 Å². The van der Waals surface area contributed by atoms with E-state index in [9.17, 15) is 10.2 Å². The Morgan fingerprint density at radius 3 is 2.15 bits per heavy atom. The van der Waals surface area contributed by atoms with Crippen molar-refractivity contribution < 1.29 is 33.9 Å². The van der Waals surface area contributed by atoms with Gasteiger partial charge >= 0.3 is 0 Å². The van der Waals surface area contributed by atoms with Gasteiger partial charge in [0.25, 0.3) is 0 Å². The van der Waals surface area contributed by atoms with Gasteiger partial charge in [0.1, 0.15) is 5.75 Å². The fourth-order valence-electron chi connectivity index (χ4n) is 7.22. The average Bonchev–Trinajstić information content (AvgIpc) is 3.06. The van der Waals surface area contributed by atoms with Crippen molar-refractivity contribution in [2.75, 3.05) is 48.5 Å². The first-order valence-corrected chi connectivity index (χ1v) is 15.7. The molecule has 0 radical (unpaired) electrons. The van der Waals surface area contributed by atoms with Gasteiger partial charge in [-0.25, -0.2) is 0 Å². The number of phenols is 2. The first-order chi connectivity index (χ1) is 22.3. The average molecular weight is 625 g/mol. The number of fused-ring (bicyclic) bond motifs is 2. The monoisotopic (exact) mass is 624 g/mol. The molecule has 4 aliphatic rings. The Kier molecular flexibility index (Phi) is 7.82. The lowest BCUT2D eigenvalue weighted by molar-refractivity contribution is 0.217. The fraction of sp³-hybridized carbons (Fsp3) is 0.351. The molecular formula is C37H40N2O7. The van der Waals surface area contributed by atoms with E-state index >= 15 is 0 Å². The number of phenolic OH excluding ortho intramolecular Hbond substituents is 2. The summed E-state index contributed by atoms with van der Waals surface area (Å²) in [5.41, 5.74) is 6.17. The molecule has 0 saturated carbocycles. The van der Waals surface area contributed by atoms with Crippen molar-refractivity contribution >= 4 is 0 Å². The summed E-state index contributed by atoms with van der Waals surface area (Å²) < 4.78 is 30.7. The maximum atomic E-state index is 11.8. The molecule has 0 unspecified atom stereocenters. The van der Waals surface area contributed by atoms with Gasteiger partial charge in [-0.1, -0.05) is 18.2 Å². The van der Waals surface area contributed by atoms with E-state index in [0.717, 1.165) is 65.7 Å². The lowest BCUT2D eigenvalue weighted by Crippen LogP contribution is -2.34. The molecule has 0 saturated heterocycles. The Bertz CT molecular complexity index is 1790.